The number of aromatic nitrogens is 1. The minimum absolute atomic E-state index is 0.0396. The molecule has 7 heteroatoms. The van der Waals surface area contributed by atoms with E-state index in [2.05, 4.69) is 9.72 Å². The number of nitrogen functional groups attached to an aromatic ring is 1. The van der Waals surface area contributed by atoms with Gasteiger partial charge in [-0.05, 0) is 6.07 Å². The Morgan fingerprint density at radius 3 is 2.59 bits per heavy atom. The highest BCUT2D eigenvalue weighted by atomic mass is 16.5. The Morgan fingerprint density at radius 2 is 2.06 bits per heavy atom. The van der Waals surface area contributed by atoms with Gasteiger partial charge in [-0.3, -0.25) is 0 Å². The van der Waals surface area contributed by atoms with E-state index >= 15 is 0 Å². The summed E-state index contributed by atoms with van der Waals surface area (Å²) in [6.07, 6.45) is -3.32. The second kappa shape index (κ2) is 5.46. The van der Waals surface area contributed by atoms with Crippen LogP contribution in [0.25, 0.3) is 0 Å². The lowest BCUT2D eigenvalue weighted by Gasteiger charge is -2.17. The summed E-state index contributed by atoms with van der Waals surface area (Å²) in [6.45, 7) is 0. The zero-order valence-electron chi connectivity index (χ0n) is 9.45. The van der Waals surface area contributed by atoms with E-state index in [4.69, 9.17) is 10.5 Å². The van der Waals surface area contributed by atoms with Gasteiger partial charge in [-0.2, -0.15) is 0 Å². The monoisotopic (exact) mass is 242 g/mol. The third-order valence-electron chi connectivity index (χ3n) is 2.16. The van der Waals surface area contributed by atoms with Crippen molar-refractivity contribution in [2.24, 2.45) is 0 Å². The molecule has 2 atom stereocenters. The number of carbonyl (C=O) groups excluding carboxylic acids is 1. The van der Waals surface area contributed by atoms with Crippen molar-refractivity contribution >= 4 is 11.7 Å². The van der Waals surface area contributed by atoms with Gasteiger partial charge >= 0.3 is 5.97 Å². The Bertz CT molecular complexity index is 410. The summed E-state index contributed by atoms with van der Waals surface area (Å²) in [7, 11) is 2.49. The van der Waals surface area contributed by atoms with E-state index in [1.165, 1.54) is 19.2 Å². The molecule has 0 aromatic carbocycles. The molecule has 2 unspecified atom stereocenters. The second-order valence-electron chi connectivity index (χ2n) is 3.24. The number of nitrogens with zero attached hydrogens (tertiary/aromatic N) is 1. The van der Waals surface area contributed by atoms with E-state index in [1.807, 2.05) is 0 Å². The number of rotatable bonds is 4. The molecule has 94 valence electrons. The van der Waals surface area contributed by atoms with E-state index in [0.717, 1.165) is 7.11 Å². The Kier molecular flexibility index (Phi) is 4.24. The molecule has 1 aromatic rings. The predicted octanol–water partition coefficient (Wildman–Crippen LogP) is -0.760. The van der Waals surface area contributed by atoms with Crippen LogP contribution in [0, 0.1) is 0 Å². The molecule has 0 aliphatic rings. The molecule has 0 aliphatic heterocycles. The summed E-state index contributed by atoms with van der Waals surface area (Å²) in [5.41, 5.74) is 5.68. The lowest BCUT2D eigenvalue weighted by molar-refractivity contribution is -0.157. The molecule has 0 fully saturated rings. The number of pyridine rings is 1. The Labute approximate surface area is 97.8 Å². The molecule has 1 heterocycles. The van der Waals surface area contributed by atoms with Crippen molar-refractivity contribution in [2.45, 2.75) is 12.2 Å². The Morgan fingerprint density at radius 1 is 1.41 bits per heavy atom. The lowest BCUT2D eigenvalue weighted by atomic mass is 10.1. The highest BCUT2D eigenvalue weighted by Crippen LogP contribution is 2.24. The first-order chi connectivity index (χ1) is 8.01. The van der Waals surface area contributed by atoms with E-state index in [-0.39, 0.29) is 17.3 Å². The summed E-state index contributed by atoms with van der Waals surface area (Å²) in [5, 5.41) is 19.2. The van der Waals surface area contributed by atoms with Crippen molar-refractivity contribution in [3.8, 4) is 5.88 Å². The summed E-state index contributed by atoms with van der Waals surface area (Å²) >= 11 is 0. The minimum atomic E-state index is -1.75. The molecule has 1 aromatic heterocycles. The predicted molar refractivity (Wildman–Crippen MR) is 58.2 cm³/mol. The molecule has 4 N–H and O–H groups in total. The number of nitrogens with two attached hydrogens (primary N) is 1. The van der Waals surface area contributed by atoms with E-state index in [9.17, 15) is 15.0 Å². The molecular formula is C10H14N2O5. The number of ether oxygens (including phenoxy) is 2. The van der Waals surface area contributed by atoms with Gasteiger partial charge in [-0.15, -0.1) is 0 Å². The molecule has 0 bridgehead atoms. The van der Waals surface area contributed by atoms with Crippen LogP contribution in [0.15, 0.2) is 12.1 Å². The van der Waals surface area contributed by atoms with Gasteiger partial charge in [0.25, 0.3) is 0 Å². The van der Waals surface area contributed by atoms with Crippen molar-refractivity contribution in [1.29, 1.82) is 0 Å². The number of esters is 1. The van der Waals surface area contributed by atoms with Gasteiger partial charge in [0.1, 0.15) is 6.10 Å². The number of anilines is 1. The van der Waals surface area contributed by atoms with Gasteiger partial charge in [-0.25, -0.2) is 9.78 Å². The summed E-state index contributed by atoms with van der Waals surface area (Å²) in [6, 6.07) is 2.95. The van der Waals surface area contributed by atoms with E-state index in [1.54, 1.807) is 0 Å². The smallest absolute Gasteiger partial charge is 0.337 e. The van der Waals surface area contributed by atoms with Gasteiger partial charge in [0.2, 0.25) is 5.88 Å². The number of carbonyl (C=O) groups is 1. The number of aliphatic hydroxyl groups excluding tert-OH is 2. The molecule has 7 nitrogen and oxygen atoms in total. The fourth-order valence-corrected chi connectivity index (χ4v) is 1.22. The van der Waals surface area contributed by atoms with Crippen LogP contribution in [0.3, 0.4) is 0 Å². The molecule has 0 aliphatic carbocycles. The number of methoxy groups -OCH3 is 2. The molecule has 0 amide bonds. The fourth-order valence-electron chi connectivity index (χ4n) is 1.22. The molecular weight excluding hydrogens is 228 g/mol. The number of hydrogen-bond acceptors (Lipinski definition) is 7. The quantitative estimate of drug-likeness (QED) is 0.594. The maximum absolute atomic E-state index is 11.1. The summed E-state index contributed by atoms with van der Waals surface area (Å²) in [5.74, 6) is -0.758. The van der Waals surface area contributed by atoms with Gasteiger partial charge in [0.05, 0.1) is 25.6 Å². The first kappa shape index (κ1) is 13.2. The van der Waals surface area contributed by atoms with Crippen molar-refractivity contribution in [2.75, 3.05) is 20.0 Å². The molecule has 0 spiro atoms. The lowest BCUT2D eigenvalue weighted by Crippen LogP contribution is -2.30. The third-order valence-corrected chi connectivity index (χ3v) is 2.16. The number of aliphatic hydroxyl groups is 2. The normalized spacial score (nSPS) is 13.9. The standard InChI is InChI=1S/C10H14N2O5/c1-16-6-4-3-5(11)7(12-6)8(13)9(14)10(15)17-2/h3-4,8-9,13-14H,11H2,1-2H3. The van der Waals surface area contributed by atoms with Crippen LogP contribution in [-0.2, 0) is 9.53 Å². The Hall–Kier alpha value is -1.86. The topological polar surface area (TPSA) is 115 Å². The minimum Gasteiger partial charge on any atom is -0.481 e. The third kappa shape index (κ3) is 2.83. The zero-order chi connectivity index (χ0) is 13.0. The summed E-state index contributed by atoms with van der Waals surface area (Å²) < 4.78 is 9.15. The largest absolute Gasteiger partial charge is 0.481 e. The van der Waals surface area contributed by atoms with Crippen LogP contribution in [-0.4, -0.2) is 41.5 Å². The molecule has 1 rings (SSSR count). The van der Waals surface area contributed by atoms with Crippen LogP contribution < -0.4 is 10.5 Å². The molecule has 0 saturated heterocycles. The van der Waals surface area contributed by atoms with Crippen molar-refractivity contribution in [3.05, 3.63) is 17.8 Å². The van der Waals surface area contributed by atoms with Gasteiger partial charge < -0.3 is 25.4 Å². The SMILES string of the molecule is COC(=O)C(O)C(O)c1nc(OC)ccc1N. The van der Waals surface area contributed by atoms with E-state index < -0.39 is 18.2 Å². The van der Waals surface area contributed by atoms with E-state index in [0.29, 0.717) is 0 Å². The van der Waals surface area contributed by atoms with Crippen LogP contribution >= 0.6 is 0 Å². The van der Waals surface area contributed by atoms with Crippen molar-refractivity contribution in [3.63, 3.8) is 0 Å². The Balaban J connectivity index is 3.02. The van der Waals surface area contributed by atoms with Gasteiger partial charge in [0, 0.05) is 6.07 Å². The summed E-state index contributed by atoms with van der Waals surface area (Å²) in [4.78, 5) is 14.9. The maximum Gasteiger partial charge on any atom is 0.337 e. The fraction of sp³-hybridized carbons (Fsp3) is 0.400. The number of hydrogen-bond donors (Lipinski definition) is 3. The average Bonchev–Trinajstić information content (AvgIpc) is 2.36. The molecule has 17 heavy (non-hydrogen) atoms. The second-order valence-corrected chi connectivity index (χ2v) is 3.24. The zero-order valence-corrected chi connectivity index (χ0v) is 9.45. The van der Waals surface area contributed by atoms with Crippen molar-refractivity contribution < 1.29 is 24.5 Å². The van der Waals surface area contributed by atoms with Crippen molar-refractivity contribution in [1.82, 2.24) is 4.98 Å². The van der Waals surface area contributed by atoms with Crippen LogP contribution in [0.5, 0.6) is 5.88 Å². The highest BCUT2D eigenvalue weighted by Gasteiger charge is 2.29. The molecule has 0 saturated carbocycles. The average molecular weight is 242 g/mol. The van der Waals surface area contributed by atoms with Gasteiger partial charge in [-0.1, -0.05) is 0 Å². The van der Waals surface area contributed by atoms with Crippen LogP contribution in [0.2, 0.25) is 0 Å². The van der Waals surface area contributed by atoms with Crippen LogP contribution in [0.1, 0.15) is 11.8 Å². The first-order valence-electron chi connectivity index (χ1n) is 4.75. The van der Waals surface area contributed by atoms with Crippen LogP contribution in [0.4, 0.5) is 5.69 Å². The first-order valence-corrected chi connectivity index (χ1v) is 4.75. The highest BCUT2D eigenvalue weighted by molar-refractivity contribution is 5.75. The molecule has 0 radical (unpaired) electrons. The maximum atomic E-state index is 11.1. The van der Waals surface area contributed by atoms with Gasteiger partial charge in [0.15, 0.2) is 6.10 Å².